The maximum atomic E-state index is 13.6. The summed E-state index contributed by atoms with van der Waals surface area (Å²) in [7, 11) is 3.23. The highest BCUT2D eigenvalue weighted by Gasteiger charge is 2.24. The number of likely N-dealkylation sites (N-methyl/N-ethyl adjacent to an activating group) is 1. The second kappa shape index (κ2) is 12.1. The maximum Gasteiger partial charge on any atom is 0.294 e. The number of nitrogens with zero attached hydrogens (tertiary/aromatic N) is 6. The van der Waals surface area contributed by atoms with Crippen molar-refractivity contribution in [2.45, 2.75) is 38.8 Å². The normalized spacial score (nSPS) is 15.7. The van der Waals surface area contributed by atoms with Gasteiger partial charge in [0.2, 0.25) is 11.8 Å². The highest BCUT2D eigenvalue weighted by molar-refractivity contribution is 5.82. The molecule has 1 saturated heterocycles. The van der Waals surface area contributed by atoms with Gasteiger partial charge in [-0.05, 0) is 31.4 Å². The molecule has 3 aromatic rings. The van der Waals surface area contributed by atoms with Crippen molar-refractivity contribution >= 4 is 22.9 Å². The number of hydrogen-bond acceptors (Lipinski definition) is 9. The molecule has 3 aromatic heterocycles. The quantitative estimate of drug-likeness (QED) is 0.406. The Morgan fingerprint density at radius 2 is 2.03 bits per heavy atom. The molecule has 1 aliphatic heterocycles. The SMILES string of the molecule is CCCOCCn1c(=O)c(N(C)CC(=O)N2CCC[C@@H](O)C2)nc2ncc(-c3ccc(OC)nc3)cc21. The van der Waals surface area contributed by atoms with Crippen LogP contribution in [0.2, 0.25) is 0 Å². The molecule has 1 atom stereocenters. The fraction of sp³-hybridized carbons (Fsp3) is 0.500. The third-order valence-electron chi connectivity index (χ3n) is 6.36. The number of carbonyl (C=O) groups is 1. The number of pyridine rings is 2. The van der Waals surface area contributed by atoms with Crippen molar-refractivity contribution in [3.8, 4) is 17.0 Å². The lowest BCUT2D eigenvalue weighted by atomic mass is 10.1. The van der Waals surface area contributed by atoms with E-state index in [1.807, 2.05) is 19.1 Å². The van der Waals surface area contributed by atoms with Crippen LogP contribution in [0, 0.1) is 0 Å². The van der Waals surface area contributed by atoms with Gasteiger partial charge < -0.3 is 24.4 Å². The van der Waals surface area contributed by atoms with E-state index in [0.29, 0.717) is 56.3 Å². The fourth-order valence-electron chi connectivity index (χ4n) is 4.37. The number of rotatable bonds is 10. The minimum Gasteiger partial charge on any atom is -0.481 e. The summed E-state index contributed by atoms with van der Waals surface area (Å²) >= 11 is 0. The van der Waals surface area contributed by atoms with E-state index in [-0.39, 0.29) is 23.8 Å². The van der Waals surface area contributed by atoms with Crippen molar-refractivity contribution in [1.82, 2.24) is 24.4 Å². The zero-order valence-corrected chi connectivity index (χ0v) is 21.6. The Morgan fingerprint density at radius 1 is 1.22 bits per heavy atom. The number of aliphatic hydroxyl groups is 1. The van der Waals surface area contributed by atoms with Gasteiger partial charge in [0.05, 0.1) is 31.9 Å². The smallest absolute Gasteiger partial charge is 0.294 e. The largest absolute Gasteiger partial charge is 0.481 e. The molecule has 11 nitrogen and oxygen atoms in total. The Balaban J connectivity index is 1.67. The van der Waals surface area contributed by atoms with Gasteiger partial charge in [0.25, 0.3) is 5.56 Å². The Morgan fingerprint density at radius 3 is 2.73 bits per heavy atom. The third kappa shape index (κ3) is 6.23. The summed E-state index contributed by atoms with van der Waals surface area (Å²) < 4.78 is 12.4. The van der Waals surface area contributed by atoms with Crippen LogP contribution >= 0.6 is 0 Å². The van der Waals surface area contributed by atoms with E-state index in [4.69, 9.17) is 9.47 Å². The maximum absolute atomic E-state index is 13.6. The number of carbonyl (C=O) groups excluding carboxylic acids is 1. The summed E-state index contributed by atoms with van der Waals surface area (Å²) in [6, 6.07) is 5.50. The van der Waals surface area contributed by atoms with Gasteiger partial charge in [0.15, 0.2) is 11.5 Å². The summed E-state index contributed by atoms with van der Waals surface area (Å²) in [5.41, 5.74) is 2.25. The summed E-state index contributed by atoms with van der Waals surface area (Å²) in [6.07, 6.45) is 5.19. The van der Waals surface area contributed by atoms with Gasteiger partial charge in [-0.3, -0.25) is 14.2 Å². The number of β-amino-alcohol motifs (C(OH)–C–C–N with tert-alkyl or cyclic N) is 1. The Bertz CT molecular complexity index is 1280. The molecule has 0 saturated carbocycles. The summed E-state index contributed by atoms with van der Waals surface area (Å²) in [4.78, 5) is 43.0. The molecule has 0 aliphatic carbocycles. The van der Waals surface area contributed by atoms with E-state index >= 15 is 0 Å². The first-order valence-corrected chi connectivity index (χ1v) is 12.6. The van der Waals surface area contributed by atoms with Gasteiger partial charge >= 0.3 is 0 Å². The molecule has 1 N–H and O–H groups in total. The number of fused-ring (bicyclic) bond motifs is 1. The second-order valence-electron chi connectivity index (χ2n) is 9.15. The van der Waals surface area contributed by atoms with Gasteiger partial charge in [0.1, 0.15) is 0 Å². The van der Waals surface area contributed by atoms with Crippen molar-refractivity contribution in [3.05, 3.63) is 40.9 Å². The zero-order valence-electron chi connectivity index (χ0n) is 21.6. The van der Waals surface area contributed by atoms with Crippen molar-refractivity contribution in [3.63, 3.8) is 0 Å². The lowest BCUT2D eigenvalue weighted by Crippen LogP contribution is -2.47. The van der Waals surface area contributed by atoms with E-state index < -0.39 is 6.10 Å². The van der Waals surface area contributed by atoms with E-state index in [1.165, 1.54) is 0 Å². The molecular formula is C26H34N6O5. The van der Waals surface area contributed by atoms with Crippen LogP contribution in [-0.2, 0) is 16.1 Å². The number of anilines is 1. The zero-order chi connectivity index (χ0) is 26.4. The summed E-state index contributed by atoms with van der Waals surface area (Å²) in [5.74, 6) is 0.487. The summed E-state index contributed by atoms with van der Waals surface area (Å²) in [6.45, 7) is 4.17. The van der Waals surface area contributed by atoms with Crippen molar-refractivity contribution in [1.29, 1.82) is 0 Å². The fourth-order valence-corrected chi connectivity index (χ4v) is 4.37. The molecule has 4 rings (SSSR count). The van der Waals surface area contributed by atoms with Crippen LogP contribution in [0.15, 0.2) is 35.4 Å². The van der Waals surface area contributed by atoms with Crippen LogP contribution in [0.1, 0.15) is 26.2 Å². The Kier molecular flexibility index (Phi) is 8.67. The molecular weight excluding hydrogens is 476 g/mol. The first-order valence-electron chi connectivity index (χ1n) is 12.6. The molecule has 0 unspecified atom stereocenters. The molecule has 0 bridgehead atoms. The molecule has 0 radical (unpaired) electrons. The Labute approximate surface area is 215 Å². The van der Waals surface area contributed by atoms with Crippen LogP contribution in [-0.4, -0.2) is 88.5 Å². The Hall–Kier alpha value is -3.57. The van der Waals surface area contributed by atoms with Gasteiger partial charge in [-0.25, -0.2) is 15.0 Å². The highest BCUT2D eigenvalue weighted by Crippen LogP contribution is 2.23. The number of piperidine rings is 1. The molecule has 0 spiro atoms. The topological polar surface area (TPSA) is 123 Å². The molecule has 4 heterocycles. The second-order valence-corrected chi connectivity index (χ2v) is 9.15. The first-order chi connectivity index (χ1) is 17.9. The standard InChI is InChI=1S/C26H34N6O5/c1-4-11-37-12-10-32-21-13-19(18-7-8-22(36-3)27-14-18)15-28-24(21)29-25(26(32)35)30(2)17-23(34)31-9-5-6-20(33)16-31/h7-8,13-15,20,33H,4-6,9-12,16-17H2,1-3H3/t20-/m1/s1. The number of ether oxygens (including phenoxy) is 2. The van der Waals surface area contributed by atoms with Crippen LogP contribution in [0.3, 0.4) is 0 Å². The number of hydrogen-bond donors (Lipinski definition) is 1. The number of aromatic nitrogens is 4. The lowest BCUT2D eigenvalue weighted by Gasteiger charge is -2.31. The predicted octanol–water partition coefficient (Wildman–Crippen LogP) is 1.71. The third-order valence-corrected chi connectivity index (χ3v) is 6.36. The van der Waals surface area contributed by atoms with Crippen molar-refractivity contribution in [2.75, 3.05) is 51.9 Å². The van der Waals surface area contributed by atoms with E-state index in [1.54, 1.807) is 47.0 Å². The van der Waals surface area contributed by atoms with Crippen molar-refractivity contribution in [2.24, 2.45) is 0 Å². The predicted molar refractivity (Wildman–Crippen MR) is 140 cm³/mol. The summed E-state index contributed by atoms with van der Waals surface area (Å²) in [5, 5.41) is 9.93. The molecule has 1 fully saturated rings. The highest BCUT2D eigenvalue weighted by atomic mass is 16.5. The monoisotopic (exact) mass is 510 g/mol. The van der Waals surface area contributed by atoms with Gasteiger partial charge in [-0.2, -0.15) is 0 Å². The molecule has 37 heavy (non-hydrogen) atoms. The number of likely N-dealkylation sites (tertiary alicyclic amines) is 1. The number of aliphatic hydroxyl groups excluding tert-OH is 1. The average molecular weight is 511 g/mol. The first kappa shape index (κ1) is 26.5. The van der Waals surface area contributed by atoms with Gasteiger partial charge in [-0.1, -0.05) is 6.92 Å². The number of amides is 1. The van der Waals surface area contributed by atoms with Gasteiger partial charge in [-0.15, -0.1) is 0 Å². The van der Waals surface area contributed by atoms with Crippen LogP contribution in [0.4, 0.5) is 5.82 Å². The minimum atomic E-state index is -0.513. The molecule has 11 heteroatoms. The molecule has 0 aromatic carbocycles. The molecule has 1 aliphatic rings. The molecule has 1 amide bonds. The number of methoxy groups -OCH3 is 1. The van der Waals surface area contributed by atoms with E-state index in [0.717, 1.165) is 24.0 Å². The average Bonchev–Trinajstić information content (AvgIpc) is 2.91. The molecule has 198 valence electrons. The van der Waals surface area contributed by atoms with Crippen LogP contribution in [0.5, 0.6) is 5.88 Å². The van der Waals surface area contributed by atoms with Crippen LogP contribution in [0.25, 0.3) is 22.3 Å². The van der Waals surface area contributed by atoms with Crippen LogP contribution < -0.4 is 15.2 Å². The lowest BCUT2D eigenvalue weighted by molar-refractivity contribution is -0.132. The van der Waals surface area contributed by atoms with E-state index in [9.17, 15) is 14.7 Å². The minimum absolute atomic E-state index is 0.0254. The van der Waals surface area contributed by atoms with Gasteiger partial charge in [0, 0.05) is 62.9 Å². The van der Waals surface area contributed by atoms with E-state index in [2.05, 4.69) is 15.0 Å². The van der Waals surface area contributed by atoms with Crippen molar-refractivity contribution < 1.29 is 19.4 Å².